The maximum atomic E-state index is 6.42. The van der Waals surface area contributed by atoms with Gasteiger partial charge >= 0.3 is 0 Å². The molecule has 2 aromatic carbocycles. The van der Waals surface area contributed by atoms with Crippen molar-refractivity contribution in [1.29, 1.82) is 0 Å². The van der Waals surface area contributed by atoms with Crippen LogP contribution in [0, 0.1) is 0 Å². The second kappa shape index (κ2) is 6.16. The normalized spacial score (nSPS) is 23.1. The van der Waals surface area contributed by atoms with Crippen molar-refractivity contribution in [3.05, 3.63) is 63.6 Å². The third-order valence-corrected chi connectivity index (χ3v) is 5.01. The molecule has 0 spiro atoms. The van der Waals surface area contributed by atoms with Crippen LogP contribution in [0.15, 0.2) is 47.5 Å². The Kier molecular flexibility index (Phi) is 4.02. The highest BCUT2D eigenvalue weighted by Crippen LogP contribution is 2.37. The van der Waals surface area contributed by atoms with E-state index in [0.29, 0.717) is 13.2 Å². The van der Waals surface area contributed by atoms with Gasteiger partial charge in [-0.15, -0.1) is 0 Å². The zero-order chi connectivity index (χ0) is 15.8. The van der Waals surface area contributed by atoms with Gasteiger partial charge in [0, 0.05) is 34.1 Å². The highest BCUT2D eigenvalue weighted by Gasteiger charge is 2.35. The van der Waals surface area contributed by atoms with E-state index in [1.807, 2.05) is 42.6 Å². The molecule has 0 aliphatic carbocycles. The van der Waals surface area contributed by atoms with Gasteiger partial charge in [0.2, 0.25) is 0 Å². The molecule has 5 heteroatoms. The molecule has 0 amide bonds. The SMILES string of the molecule is Clc1ccc2c(c1)C=NC(c1ccccc1Cl)C1COCCN21. The molecule has 0 N–H and O–H groups in total. The van der Waals surface area contributed by atoms with E-state index in [0.717, 1.165) is 33.4 Å². The van der Waals surface area contributed by atoms with Gasteiger partial charge < -0.3 is 9.64 Å². The third kappa shape index (κ3) is 2.74. The number of benzene rings is 2. The first kappa shape index (κ1) is 15.0. The first-order valence-electron chi connectivity index (χ1n) is 7.65. The molecule has 2 aromatic rings. The van der Waals surface area contributed by atoms with Gasteiger partial charge in [-0.05, 0) is 29.8 Å². The summed E-state index contributed by atoms with van der Waals surface area (Å²) in [6, 6.07) is 13.9. The molecule has 2 heterocycles. The van der Waals surface area contributed by atoms with Gasteiger partial charge in [0.15, 0.2) is 0 Å². The molecule has 0 saturated carbocycles. The lowest BCUT2D eigenvalue weighted by molar-refractivity contribution is 0.0869. The average Bonchev–Trinajstić information content (AvgIpc) is 2.72. The van der Waals surface area contributed by atoms with Gasteiger partial charge in [-0.3, -0.25) is 4.99 Å². The molecule has 0 aromatic heterocycles. The first-order valence-corrected chi connectivity index (χ1v) is 8.41. The predicted molar refractivity (Wildman–Crippen MR) is 95.2 cm³/mol. The molecule has 3 nitrogen and oxygen atoms in total. The van der Waals surface area contributed by atoms with Crippen LogP contribution in [0.5, 0.6) is 0 Å². The Morgan fingerprint density at radius 1 is 1.13 bits per heavy atom. The maximum absolute atomic E-state index is 6.42. The van der Waals surface area contributed by atoms with Crippen LogP contribution in [0.2, 0.25) is 10.0 Å². The molecule has 0 bridgehead atoms. The number of hydrogen-bond donors (Lipinski definition) is 0. The Bertz CT molecular complexity index is 762. The Morgan fingerprint density at radius 2 is 2.00 bits per heavy atom. The highest BCUT2D eigenvalue weighted by molar-refractivity contribution is 6.31. The molecular formula is C18H16Cl2N2O. The zero-order valence-electron chi connectivity index (χ0n) is 12.5. The van der Waals surface area contributed by atoms with E-state index >= 15 is 0 Å². The summed E-state index contributed by atoms with van der Waals surface area (Å²) in [4.78, 5) is 7.20. The summed E-state index contributed by atoms with van der Waals surface area (Å²) in [7, 11) is 0. The van der Waals surface area contributed by atoms with Crippen molar-refractivity contribution in [3.8, 4) is 0 Å². The van der Waals surface area contributed by atoms with Crippen molar-refractivity contribution in [2.45, 2.75) is 12.1 Å². The lowest BCUT2D eigenvalue weighted by Crippen LogP contribution is -2.48. The second-order valence-corrected chi connectivity index (χ2v) is 6.63. The maximum Gasteiger partial charge on any atom is 0.0989 e. The van der Waals surface area contributed by atoms with Gasteiger partial charge in [-0.2, -0.15) is 0 Å². The van der Waals surface area contributed by atoms with Crippen LogP contribution < -0.4 is 4.90 Å². The fraction of sp³-hybridized carbons (Fsp3) is 0.278. The van der Waals surface area contributed by atoms with E-state index in [1.54, 1.807) is 0 Å². The summed E-state index contributed by atoms with van der Waals surface area (Å²) in [6.07, 6.45) is 1.91. The number of anilines is 1. The average molecular weight is 347 g/mol. The summed E-state index contributed by atoms with van der Waals surface area (Å²) in [5.74, 6) is 0. The van der Waals surface area contributed by atoms with Crippen molar-refractivity contribution >= 4 is 35.1 Å². The van der Waals surface area contributed by atoms with Gasteiger partial charge in [-0.25, -0.2) is 0 Å². The van der Waals surface area contributed by atoms with Gasteiger partial charge in [-0.1, -0.05) is 41.4 Å². The third-order valence-electron chi connectivity index (χ3n) is 4.43. The van der Waals surface area contributed by atoms with Crippen LogP contribution in [-0.2, 0) is 4.74 Å². The summed E-state index contributed by atoms with van der Waals surface area (Å²) < 4.78 is 5.74. The zero-order valence-corrected chi connectivity index (χ0v) is 14.0. The largest absolute Gasteiger partial charge is 0.377 e. The Hall–Kier alpha value is -1.55. The Balaban J connectivity index is 1.83. The quantitative estimate of drug-likeness (QED) is 0.765. The number of morpholine rings is 1. The molecule has 1 fully saturated rings. The van der Waals surface area contributed by atoms with Crippen molar-refractivity contribution in [2.24, 2.45) is 4.99 Å². The topological polar surface area (TPSA) is 24.8 Å². The molecule has 118 valence electrons. The van der Waals surface area contributed by atoms with Crippen LogP contribution in [0.4, 0.5) is 5.69 Å². The number of halogens is 2. The molecule has 2 unspecified atom stereocenters. The first-order chi connectivity index (χ1) is 11.2. The highest BCUT2D eigenvalue weighted by atomic mass is 35.5. The number of rotatable bonds is 1. The summed E-state index contributed by atoms with van der Waals surface area (Å²) in [5, 5.41) is 1.46. The smallest absolute Gasteiger partial charge is 0.0989 e. The summed E-state index contributed by atoms with van der Waals surface area (Å²) in [6.45, 7) is 2.19. The summed E-state index contributed by atoms with van der Waals surface area (Å²) >= 11 is 12.6. The van der Waals surface area contributed by atoms with Crippen LogP contribution in [0.3, 0.4) is 0 Å². The molecule has 23 heavy (non-hydrogen) atoms. The van der Waals surface area contributed by atoms with Gasteiger partial charge in [0.05, 0.1) is 25.3 Å². The molecule has 1 saturated heterocycles. The Morgan fingerprint density at radius 3 is 2.87 bits per heavy atom. The van der Waals surface area contributed by atoms with Crippen LogP contribution in [0.1, 0.15) is 17.2 Å². The lowest BCUT2D eigenvalue weighted by atomic mass is 9.98. The Labute approximate surface area is 145 Å². The van der Waals surface area contributed by atoms with Gasteiger partial charge in [0.1, 0.15) is 0 Å². The minimum absolute atomic E-state index is 0.0600. The predicted octanol–water partition coefficient (Wildman–Crippen LogP) is 4.37. The van der Waals surface area contributed by atoms with E-state index in [2.05, 4.69) is 11.0 Å². The van der Waals surface area contributed by atoms with Crippen LogP contribution in [0.25, 0.3) is 0 Å². The molecule has 0 radical (unpaired) electrons. The molecular weight excluding hydrogens is 331 g/mol. The number of hydrogen-bond acceptors (Lipinski definition) is 3. The van der Waals surface area contributed by atoms with Crippen LogP contribution >= 0.6 is 23.2 Å². The van der Waals surface area contributed by atoms with E-state index in [9.17, 15) is 0 Å². The van der Waals surface area contributed by atoms with Crippen molar-refractivity contribution < 1.29 is 4.74 Å². The van der Waals surface area contributed by atoms with Crippen LogP contribution in [-0.4, -0.2) is 32.0 Å². The number of nitrogens with zero attached hydrogens (tertiary/aromatic N) is 2. The van der Waals surface area contributed by atoms with E-state index < -0.39 is 0 Å². The van der Waals surface area contributed by atoms with Crippen molar-refractivity contribution in [1.82, 2.24) is 0 Å². The molecule has 4 rings (SSSR count). The monoisotopic (exact) mass is 346 g/mol. The minimum atomic E-state index is -0.0600. The summed E-state index contributed by atoms with van der Waals surface area (Å²) in [5.41, 5.74) is 3.23. The fourth-order valence-electron chi connectivity index (χ4n) is 3.34. The molecule has 2 aliphatic heterocycles. The van der Waals surface area contributed by atoms with E-state index in [-0.39, 0.29) is 12.1 Å². The van der Waals surface area contributed by atoms with Crippen molar-refractivity contribution in [2.75, 3.05) is 24.7 Å². The number of ether oxygens (including phenoxy) is 1. The second-order valence-electron chi connectivity index (χ2n) is 5.78. The standard InChI is InChI=1S/C18H16Cl2N2O/c19-13-5-6-16-12(9-13)10-21-18(14-3-1-2-4-15(14)20)17-11-23-8-7-22(16)17/h1-6,9-10,17-18H,7-8,11H2. The minimum Gasteiger partial charge on any atom is -0.377 e. The van der Waals surface area contributed by atoms with Gasteiger partial charge in [0.25, 0.3) is 0 Å². The molecule has 2 atom stereocenters. The lowest BCUT2D eigenvalue weighted by Gasteiger charge is -2.40. The van der Waals surface area contributed by atoms with E-state index in [1.165, 1.54) is 0 Å². The fourth-order valence-corrected chi connectivity index (χ4v) is 3.76. The van der Waals surface area contributed by atoms with E-state index in [4.69, 9.17) is 32.9 Å². The van der Waals surface area contributed by atoms with Crippen molar-refractivity contribution in [3.63, 3.8) is 0 Å². The number of fused-ring (bicyclic) bond motifs is 3. The number of aliphatic imine (C=N–C) groups is 1. The molecule has 2 aliphatic rings.